The van der Waals surface area contributed by atoms with Crippen LogP contribution in [0.3, 0.4) is 0 Å². The van der Waals surface area contributed by atoms with Crippen LogP contribution in [0.1, 0.15) is 29.8 Å². The summed E-state index contributed by atoms with van der Waals surface area (Å²) >= 11 is 0. The van der Waals surface area contributed by atoms with E-state index in [-0.39, 0.29) is 0 Å². The van der Waals surface area contributed by atoms with E-state index in [1.807, 2.05) is 17.8 Å². The Labute approximate surface area is 114 Å². The predicted octanol–water partition coefficient (Wildman–Crippen LogP) is 2.86. The fraction of sp³-hybridized carbons (Fsp3) is 0.375. The van der Waals surface area contributed by atoms with Crippen LogP contribution in [-0.2, 0) is 24.7 Å². The molecule has 0 fully saturated rings. The van der Waals surface area contributed by atoms with Gasteiger partial charge in [0.05, 0.1) is 0 Å². The molecule has 19 heavy (non-hydrogen) atoms. The summed E-state index contributed by atoms with van der Waals surface area (Å²) in [5.41, 5.74) is 2.49. The maximum atomic E-state index is 11.9. The van der Waals surface area contributed by atoms with Gasteiger partial charge in [0, 0.05) is 38.7 Å². The summed E-state index contributed by atoms with van der Waals surface area (Å²) in [6.07, 6.45) is 6.44. The predicted molar refractivity (Wildman–Crippen MR) is 76.0 cm³/mol. The Balaban J connectivity index is 1.76. The van der Waals surface area contributed by atoms with Gasteiger partial charge in [-0.1, -0.05) is 29.8 Å². The van der Waals surface area contributed by atoms with Crippen molar-refractivity contribution < 1.29 is 4.79 Å². The van der Waals surface area contributed by atoms with E-state index in [0.29, 0.717) is 18.6 Å². The number of carbonyl (C=O) groups excluding carboxylic acids is 1. The van der Waals surface area contributed by atoms with Gasteiger partial charge < -0.3 is 4.57 Å². The molecule has 0 amide bonds. The highest BCUT2D eigenvalue weighted by atomic mass is 16.1. The molecule has 3 heteroatoms. The minimum absolute atomic E-state index is 0.309. The van der Waals surface area contributed by atoms with Gasteiger partial charge in [0.2, 0.25) is 0 Å². The highest BCUT2D eigenvalue weighted by molar-refractivity contribution is 5.78. The lowest BCUT2D eigenvalue weighted by Gasteiger charge is -2.03. The third-order valence-electron chi connectivity index (χ3n) is 3.36. The fourth-order valence-corrected chi connectivity index (χ4v) is 2.05. The minimum Gasteiger partial charge on any atom is -0.338 e. The summed E-state index contributed by atoms with van der Waals surface area (Å²) in [7, 11) is 1.96. The third kappa shape index (κ3) is 4.05. The van der Waals surface area contributed by atoms with Crippen LogP contribution < -0.4 is 0 Å². The highest BCUT2D eigenvalue weighted by Crippen LogP contribution is 2.08. The zero-order valence-electron chi connectivity index (χ0n) is 11.6. The number of hydrogen-bond donors (Lipinski definition) is 0. The van der Waals surface area contributed by atoms with Crippen LogP contribution >= 0.6 is 0 Å². The van der Waals surface area contributed by atoms with Gasteiger partial charge in [-0.25, -0.2) is 4.98 Å². The number of hydrogen-bond acceptors (Lipinski definition) is 2. The third-order valence-corrected chi connectivity index (χ3v) is 3.36. The number of aryl methyl sites for hydroxylation is 4. The maximum absolute atomic E-state index is 11.9. The van der Waals surface area contributed by atoms with E-state index in [4.69, 9.17) is 0 Å². The van der Waals surface area contributed by atoms with Gasteiger partial charge in [-0.3, -0.25) is 4.79 Å². The Bertz CT molecular complexity index is 540. The molecule has 0 aliphatic heterocycles. The first-order valence-electron chi connectivity index (χ1n) is 6.68. The van der Waals surface area contributed by atoms with Gasteiger partial charge in [-0.2, -0.15) is 0 Å². The van der Waals surface area contributed by atoms with Gasteiger partial charge in [-0.05, 0) is 18.9 Å². The number of ketones is 1. The summed E-state index contributed by atoms with van der Waals surface area (Å²) in [5.74, 6) is 1.28. The molecule has 0 spiro atoms. The number of aromatic nitrogens is 2. The zero-order valence-corrected chi connectivity index (χ0v) is 11.6. The van der Waals surface area contributed by atoms with Crippen molar-refractivity contribution in [1.29, 1.82) is 0 Å². The SMILES string of the molecule is Cc1ccc(CCC(=O)CCc2nccn2C)cc1. The first-order chi connectivity index (χ1) is 9.15. The molecule has 0 atom stereocenters. The van der Waals surface area contributed by atoms with Crippen molar-refractivity contribution >= 4 is 5.78 Å². The zero-order chi connectivity index (χ0) is 13.7. The minimum atomic E-state index is 0.309. The second kappa shape index (κ2) is 6.32. The van der Waals surface area contributed by atoms with E-state index >= 15 is 0 Å². The Morgan fingerprint density at radius 3 is 2.47 bits per heavy atom. The largest absolute Gasteiger partial charge is 0.338 e. The summed E-state index contributed by atoms with van der Waals surface area (Å²) < 4.78 is 1.97. The van der Waals surface area contributed by atoms with E-state index in [1.165, 1.54) is 11.1 Å². The van der Waals surface area contributed by atoms with Crippen LogP contribution in [0.4, 0.5) is 0 Å². The van der Waals surface area contributed by atoms with Crippen molar-refractivity contribution in [3.8, 4) is 0 Å². The van der Waals surface area contributed by atoms with Crippen LogP contribution in [0, 0.1) is 6.92 Å². The van der Waals surface area contributed by atoms with Crippen LogP contribution in [0.15, 0.2) is 36.7 Å². The number of imidazole rings is 1. The number of benzene rings is 1. The number of nitrogens with zero attached hydrogens (tertiary/aromatic N) is 2. The van der Waals surface area contributed by atoms with E-state index in [1.54, 1.807) is 6.20 Å². The Kier molecular flexibility index (Phi) is 4.50. The molecule has 1 aromatic carbocycles. The average molecular weight is 256 g/mol. The molecule has 0 N–H and O–H groups in total. The van der Waals surface area contributed by atoms with Crippen molar-refractivity contribution in [3.05, 3.63) is 53.6 Å². The molecule has 1 aromatic heterocycles. The van der Waals surface area contributed by atoms with E-state index in [2.05, 4.69) is 36.2 Å². The fourth-order valence-electron chi connectivity index (χ4n) is 2.05. The smallest absolute Gasteiger partial charge is 0.133 e. The monoisotopic (exact) mass is 256 g/mol. The molecule has 3 nitrogen and oxygen atoms in total. The van der Waals surface area contributed by atoms with Crippen molar-refractivity contribution in [3.63, 3.8) is 0 Å². The number of Topliss-reactive ketones (excluding diaryl/α,β-unsaturated/α-hetero) is 1. The van der Waals surface area contributed by atoms with E-state index in [9.17, 15) is 4.79 Å². The second-order valence-corrected chi connectivity index (χ2v) is 4.98. The Hall–Kier alpha value is -1.90. The lowest BCUT2D eigenvalue weighted by atomic mass is 10.0. The summed E-state index contributed by atoms with van der Waals surface area (Å²) in [5, 5.41) is 0. The Morgan fingerprint density at radius 2 is 1.84 bits per heavy atom. The van der Waals surface area contributed by atoms with Gasteiger partial charge in [0.1, 0.15) is 11.6 Å². The number of rotatable bonds is 6. The van der Waals surface area contributed by atoms with E-state index in [0.717, 1.165) is 18.7 Å². The van der Waals surface area contributed by atoms with Crippen molar-refractivity contribution in [2.24, 2.45) is 7.05 Å². The molecule has 1 heterocycles. The molecule has 0 aliphatic carbocycles. The van der Waals surface area contributed by atoms with Crippen molar-refractivity contribution in [2.45, 2.75) is 32.6 Å². The van der Waals surface area contributed by atoms with Crippen LogP contribution in [0.5, 0.6) is 0 Å². The molecule has 0 unspecified atom stereocenters. The molecular formula is C16H20N2O. The van der Waals surface area contributed by atoms with Gasteiger partial charge >= 0.3 is 0 Å². The Morgan fingerprint density at radius 1 is 1.16 bits per heavy atom. The second-order valence-electron chi connectivity index (χ2n) is 4.98. The van der Waals surface area contributed by atoms with E-state index < -0.39 is 0 Å². The molecule has 0 saturated carbocycles. The average Bonchev–Trinajstić information content (AvgIpc) is 2.81. The molecule has 0 radical (unpaired) electrons. The summed E-state index contributed by atoms with van der Waals surface area (Å²) in [6, 6.07) is 8.38. The highest BCUT2D eigenvalue weighted by Gasteiger charge is 2.06. The molecule has 0 bridgehead atoms. The lowest BCUT2D eigenvalue weighted by Crippen LogP contribution is -2.05. The quantitative estimate of drug-likeness (QED) is 0.796. The standard InChI is InChI=1S/C16H20N2O/c1-13-3-5-14(6-4-13)7-8-15(19)9-10-16-17-11-12-18(16)2/h3-6,11-12H,7-10H2,1-2H3. The summed E-state index contributed by atoms with van der Waals surface area (Å²) in [6.45, 7) is 2.07. The molecule has 2 aromatic rings. The lowest BCUT2D eigenvalue weighted by molar-refractivity contribution is -0.119. The maximum Gasteiger partial charge on any atom is 0.133 e. The van der Waals surface area contributed by atoms with Gasteiger partial charge in [-0.15, -0.1) is 0 Å². The molecule has 100 valence electrons. The van der Waals surface area contributed by atoms with Crippen LogP contribution in [0.25, 0.3) is 0 Å². The van der Waals surface area contributed by atoms with Crippen molar-refractivity contribution in [2.75, 3.05) is 0 Å². The topological polar surface area (TPSA) is 34.9 Å². The van der Waals surface area contributed by atoms with Gasteiger partial charge in [0.25, 0.3) is 0 Å². The normalized spacial score (nSPS) is 10.6. The molecular weight excluding hydrogens is 236 g/mol. The van der Waals surface area contributed by atoms with Gasteiger partial charge in [0.15, 0.2) is 0 Å². The molecule has 0 aliphatic rings. The van der Waals surface area contributed by atoms with Crippen LogP contribution in [-0.4, -0.2) is 15.3 Å². The van der Waals surface area contributed by atoms with Crippen molar-refractivity contribution in [1.82, 2.24) is 9.55 Å². The number of carbonyl (C=O) groups is 1. The summed E-state index contributed by atoms with van der Waals surface area (Å²) in [4.78, 5) is 16.1. The first-order valence-corrected chi connectivity index (χ1v) is 6.68. The molecule has 0 saturated heterocycles. The first kappa shape index (κ1) is 13.5. The molecule has 2 rings (SSSR count). The van der Waals surface area contributed by atoms with Crippen LogP contribution in [0.2, 0.25) is 0 Å².